The van der Waals surface area contributed by atoms with Gasteiger partial charge in [-0.1, -0.05) is 18.2 Å². The quantitative estimate of drug-likeness (QED) is 0.561. The zero-order valence-electron chi connectivity index (χ0n) is 9.37. The van der Waals surface area contributed by atoms with Gasteiger partial charge in [0.1, 0.15) is 5.75 Å². The van der Waals surface area contributed by atoms with Gasteiger partial charge in [0.15, 0.2) is 0 Å². The Morgan fingerprint density at radius 1 is 0.889 bits per heavy atom. The summed E-state index contributed by atoms with van der Waals surface area (Å²) in [6, 6.07) is 10.3. The molecule has 0 spiro atoms. The van der Waals surface area contributed by atoms with Gasteiger partial charge in [0, 0.05) is 0 Å². The van der Waals surface area contributed by atoms with E-state index in [0.29, 0.717) is 0 Å². The van der Waals surface area contributed by atoms with Gasteiger partial charge < -0.3 is 16.6 Å². The Morgan fingerprint density at radius 2 is 1.50 bits per heavy atom. The van der Waals surface area contributed by atoms with Crippen LogP contribution in [-0.4, -0.2) is 13.5 Å². The van der Waals surface area contributed by atoms with Crippen molar-refractivity contribution in [2.45, 2.75) is 9.79 Å². The molecule has 2 aromatic carbocycles. The van der Waals surface area contributed by atoms with Crippen LogP contribution in [0.25, 0.3) is 0 Å². The van der Waals surface area contributed by atoms with E-state index in [4.69, 9.17) is 11.5 Å². The lowest BCUT2D eigenvalue weighted by Crippen LogP contribution is -2.07. The molecule has 18 heavy (non-hydrogen) atoms. The molecule has 6 heteroatoms. The summed E-state index contributed by atoms with van der Waals surface area (Å²) in [5.41, 5.74) is 10.9. The normalized spacial score (nSPS) is 11.3. The van der Waals surface area contributed by atoms with Crippen molar-refractivity contribution in [1.29, 1.82) is 0 Å². The van der Waals surface area contributed by atoms with E-state index in [2.05, 4.69) is 0 Å². The number of aromatic hydroxyl groups is 1. The van der Waals surface area contributed by atoms with Crippen molar-refractivity contribution in [3.8, 4) is 5.75 Å². The SMILES string of the molecule is Nc1c(O)ccc(S(=O)(=O)c2ccccc2)c1N. The number of hydrogen-bond acceptors (Lipinski definition) is 5. The smallest absolute Gasteiger partial charge is 0.208 e. The van der Waals surface area contributed by atoms with Gasteiger partial charge in [-0.3, -0.25) is 0 Å². The van der Waals surface area contributed by atoms with Crippen LogP contribution in [0.4, 0.5) is 11.4 Å². The molecule has 5 nitrogen and oxygen atoms in total. The fourth-order valence-electron chi connectivity index (χ4n) is 1.57. The minimum absolute atomic E-state index is 0.107. The van der Waals surface area contributed by atoms with Crippen LogP contribution in [0.3, 0.4) is 0 Å². The van der Waals surface area contributed by atoms with Gasteiger partial charge in [0.05, 0.1) is 21.2 Å². The average molecular weight is 264 g/mol. The molecule has 0 fully saturated rings. The van der Waals surface area contributed by atoms with Crippen molar-refractivity contribution in [2.24, 2.45) is 0 Å². The molecule has 0 bridgehead atoms. The van der Waals surface area contributed by atoms with E-state index in [1.165, 1.54) is 24.3 Å². The molecule has 0 unspecified atom stereocenters. The number of benzene rings is 2. The van der Waals surface area contributed by atoms with Crippen LogP contribution in [-0.2, 0) is 9.84 Å². The summed E-state index contributed by atoms with van der Waals surface area (Å²) < 4.78 is 24.6. The number of sulfone groups is 1. The van der Waals surface area contributed by atoms with Crippen molar-refractivity contribution in [2.75, 3.05) is 11.5 Å². The second kappa shape index (κ2) is 4.23. The van der Waals surface area contributed by atoms with Crippen LogP contribution in [0.1, 0.15) is 0 Å². The highest BCUT2D eigenvalue weighted by molar-refractivity contribution is 7.91. The fourth-order valence-corrected chi connectivity index (χ4v) is 2.98. The van der Waals surface area contributed by atoms with Gasteiger partial charge in [-0.2, -0.15) is 0 Å². The van der Waals surface area contributed by atoms with E-state index in [0.717, 1.165) is 0 Å². The van der Waals surface area contributed by atoms with Crippen molar-refractivity contribution >= 4 is 21.2 Å². The molecule has 0 aliphatic carbocycles. The Kier molecular flexibility index (Phi) is 2.88. The van der Waals surface area contributed by atoms with E-state index in [-0.39, 0.29) is 26.9 Å². The number of anilines is 2. The molecular weight excluding hydrogens is 252 g/mol. The third-order valence-corrected chi connectivity index (χ3v) is 4.39. The van der Waals surface area contributed by atoms with E-state index < -0.39 is 9.84 Å². The van der Waals surface area contributed by atoms with Crippen molar-refractivity contribution in [3.63, 3.8) is 0 Å². The van der Waals surface area contributed by atoms with Gasteiger partial charge in [-0.15, -0.1) is 0 Å². The molecule has 0 aliphatic heterocycles. The third-order valence-electron chi connectivity index (χ3n) is 2.57. The molecule has 94 valence electrons. The highest BCUT2D eigenvalue weighted by Gasteiger charge is 2.22. The first-order valence-corrected chi connectivity index (χ1v) is 6.60. The van der Waals surface area contributed by atoms with Gasteiger partial charge in [0.25, 0.3) is 0 Å². The minimum Gasteiger partial charge on any atom is -0.506 e. The molecule has 0 saturated heterocycles. The van der Waals surface area contributed by atoms with Crippen molar-refractivity contribution in [1.82, 2.24) is 0 Å². The maximum atomic E-state index is 12.3. The number of hydrogen-bond donors (Lipinski definition) is 3. The van der Waals surface area contributed by atoms with Crippen LogP contribution in [0.5, 0.6) is 5.75 Å². The third kappa shape index (κ3) is 1.86. The second-order valence-corrected chi connectivity index (χ2v) is 5.64. The van der Waals surface area contributed by atoms with E-state index >= 15 is 0 Å². The van der Waals surface area contributed by atoms with Crippen LogP contribution in [0.15, 0.2) is 52.3 Å². The van der Waals surface area contributed by atoms with Gasteiger partial charge >= 0.3 is 0 Å². The Morgan fingerprint density at radius 3 is 2.11 bits per heavy atom. The molecule has 0 amide bonds. The van der Waals surface area contributed by atoms with Gasteiger partial charge in [-0.25, -0.2) is 8.42 Å². The summed E-state index contributed by atoms with van der Waals surface area (Å²) in [6.07, 6.45) is 0. The molecule has 0 atom stereocenters. The highest BCUT2D eigenvalue weighted by Crippen LogP contribution is 2.34. The van der Waals surface area contributed by atoms with Crippen LogP contribution < -0.4 is 11.5 Å². The maximum Gasteiger partial charge on any atom is 0.208 e. The number of phenols is 1. The standard InChI is InChI=1S/C12H12N2O3S/c13-11-9(15)6-7-10(12(11)14)18(16,17)8-4-2-1-3-5-8/h1-7,15H,13-14H2. The minimum atomic E-state index is -3.73. The topological polar surface area (TPSA) is 106 Å². The number of rotatable bonds is 2. The second-order valence-electron chi connectivity index (χ2n) is 3.73. The summed E-state index contributed by atoms with van der Waals surface area (Å²) >= 11 is 0. The first-order valence-electron chi connectivity index (χ1n) is 5.11. The van der Waals surface area contributed by atoms with Crippen molar-refractivity contribution in [3.05, 3.63) is 42.5 Å². The average Bonchev–Trinajstić information content (AvgIpc) is 2.37. The molecule has 5 N–H and O–H groups in total. The molecule has 2 rings (SSSR count). The summed E-state index contributed by atoms with van der Waals surface area (Å²) in [4.78, 5) is 0.0192. The lowest BCUT2D eigenvalue weighted by Gasteiger charge is -2.10. The molecule has 0 saturated carbocycles. The zero-order chi connectivity index (χ0) is 13.3. The van der Waals surface area contributed by atoms with Crippen LogP contribution >= 0.6 is 0 Å². The lowest BCUT2D eigenvalue weighted by atomic mass is 10.2. The zero-order valence-corrected chi connectivity index (χ0v) is 10.2. The van der Waals surface area contributed by atoms with E-state index in [9.17, 15) is 13.5 Å². The Bertz CT molecular complexity index is 682. The molecular formula is C12H12N2O3S. The predicted octanol–water partition coefficient (Wildman–Crippen LogP) is 1.39. The Balaban J connectivity index is 2.67. The monoisotopic (exact) mass is 264 g/mol. The largest absolute Gasteiger partial charge is 0.506 e. The van der Waals surface area contributed by atoms with E-state index in [1.807, 2.05) is 0 Å². The fraction of sp³-hybridized carbons (Fsp3) is 0. The molecule has 0 aromatic heterocycles. The predicted molar refractivity (Wildman–Crippen MR) is 68.8 cm³/mol. The Hall–Kier alpha value is -2.21. The van der Waals surface area contributed by atoms with Crippen LogP contribution in [0, 0.1) is 0 Å². The van der Waals surface area contributed by atoms with Crippen LogP contribution in [0.2, 0.25) is 0 Å². The molecule has 0 aliphatic rings. The summed E-state index contributed by atoms with van der Waals surface area (Å²) in [5, 5.41) is 9.36. The van der Waals surface area contributed by atoms with E-state index in [1.54, 1.807) is 18.2 Å². The van der Waals surface area contributed by atoms with Gasteiger partial charge in [0.2, 0.25) is 9.84 Å². The Labute approximate surface area is 105 Å². The summed E-state index contributed by atoms with van der Waals surface area (Å²) in [6.45, 7) is 0. The van der Waals surface area contributed by atoms with Gasteiger partial charge in [-0.05, 0) is 24.3 Å². The number of phenolic OH excluding ortho intramolecular Hbond substituents is 1. The summed E-state index contributed by atoms with van der Waals surface area (Å²) in [5.74, 6) is -0.237. The molecule has 0 radical (unpaired) electrons. The maximum absolute atomic E-state index is 12.3. The summed E-state index contributed by atoms with van der Waals surface area (Å²) in [7, 11) is -3.73. The highest BCUT2D eigenvalue weighted by atomic mass is 32.2. The lowest BCUT2D eigenvalue weighted by molar-refractivity contribution is 0.478. The first kappa shape index (κ1) is 12.3. The number of nitrogen functional groups attached to an aromatic ring is 2. The van der Waals surface area contributed by atoms with Crippen molar-refractivity contribution < 1.29 is 13.5 Å². The first-order chi connectivity index (χ1) is 8.44. The molecule has 2 aromatic rings. The number of nitrogens with two attached hydrogens (primary N) is 2. The molecule has 0 heterocycles.